The molecule has 1 aliphatic rings. The largest absolute Gasteiger partial charge is 0.354 e. The highest BCUT2D eigenvalue weighted by Gasteiger charge is 2.21. The zero-order valence-electron chi connectivity index (χ0n) is 17.7. The Balaban J connectivity index is 1.37. The molecule has 5 rings (SSSR count). The third-order valence-electron chi connectivity index (χ3n) is 5.87. The highest BCUT2D eigenvalue weighted by Crippen LogP contribution is 2.27. The Hall–Kier alpha value is -3.83. The van der Waals surface area contributed by atoms with Crippen LogP contribution in [0.2, 0.25) is 0 Å². The van der Waals surface area contributed by atoms with Gasteiger partial charge in [-0.15, -0.1) is 0 Å². The summed E-state index contributed by atoms with van der Waals surface area (Å²) < 4.78 is 15.3. The van der Waals surface area contributed by atoms with Gasteiger partial charge in [0.1, 0.15) is 29.0 Å². The van der Waals surface area contributed by atoms with Crippen LogP contribution in [0, 0.1) is 24.1 Å². The fraction of sp³-hybridized carbons (Fsp3) is 0.250. The number of nitrogens with zero attached hydrogens (tertiary/aromatic N) is 7. The lowest BCUT2D eigenvalue weighted by molar-refractivity contribution is 0.246. The van der Waals surface area contributed by atoms with Gasteiger partial charge in [0.05, 0.1) is 5.69 Å². The number of aromatic nitrogens is 4. The van der Waals surface area contributed by atoms with Gasteiger partial charge in [0.25, 0.3) is 0 Å². The molecule has 0 bridgehead atoms. The molecule has 4 aromatic rings. The molecular formula is C24H22FN7. The molecule has 0 saturated carbocycles. The quantitative estimate of drug-likeness (QED) is 0.497. The van der Waals surface area contributed by atoms with E-state index in [4.69, 9.17) is 4.98 Å². The van der Waals surface area contributed by atoms with E-state index in [0.717, 1.165) is 44.2 Å². The van der Waals surface area contributed by atoms with Crippen molar-refractivity contribution in [2.75, 3.05) is 31.1 Å². The number of aryl methyl sites for hydroxylation is 1. The number of anilines is 1. The highest BCUT2D eigenvalue weighted by molar-refractivity contribution is 5.75. The van der Waals surface area contributed by atoms with Crippen molar-refractivity contribution < 1.29 is 4.39 Å². The molecule has 0 amide bonds. The predicted molar refractivity (Wildman–Crippen MR) is 120 cm³/mol. The van der Waals surface area contributed by atoms with Gasteiger partial charge < -0.3 is 4.90 Å². The molecule has 0 N–H and O–H groups in total. The monoisotopic (exact) mass is 427 g/mol. The molecule has 0 atom stereocenters. The van der Waals surface area contributed by atoms with Gasteiger partial charge in [-0.25, -0.2) is 13.9 Å². The maximum atomic E-state index is 13.7. The van der Waals surface area contributed by atoms with Crippen molar-refractivity contribution in [3.8, 4) is 17.3 Å². The van der Waals surface area contributed by atoms with Gasteiger partial charge in [-0.2, -0.15) is 10.4 Å². The molecule has 32 heavy (non-hydrogen) atoms. The summed E-state index contributed by atoms with van der Waals surface area (Å²) in [6, 6.07) is 14.3. The summed E-state index contributed by atoms with van der Waals surface area (Å²) in [5, 5.41) is 14.3. The number of pyridine rings is 1. The third kappa shape index (κ3) is 3.79. The van der Waals surface area contributed by atoms with Crippen molar-refractivity contribution in [3.05, 3.63) is 77.5 Å². The summed E-state index contributed by atoms with van der Waals surface area (Å²) in [5.74, 6) is 0.448. The van der Waals surface area contributed by atoms with Gasteiger partial charge in [0, 0.05) is 50.7 Å². The van der Waals surface area contributed by atoms with Crippen LogP contribution in [-0.4, -0.2) is 50.7 Å². The van der Waals surface area contributed by atoms with E-state index in [0.29, 0.717) is 22.5 Å². The Labute approximate surface area is 185 Å². The standard InChI is InChI=1S/C24H22FN7/c1-17-4-3-8-27-21(17)16-30-10-12-31(13-11-30)22-7-9-32-24(28-22)20(15-26)23(29-32)18-5-2-6-19(25)14-18/h2-9,14H,10-13,16H2,1H3. The number of piperazine rings is 1. The van der Waals surface area contributed by atoms with Crippen molar-refractivity contribution in [2.45, 2.75) is 13.5 Å². The number of hydrogen-bond donors (Lipinski definition) is 0. The van der Waals surface area contributed by atoms with E-state index in [1.54, 1.807) is 16.6 Å². The molecule has 8 heteroatoms. The van der Waals surface area contributed by atoms with Crippen molar-refractivity contribution in [1.82, 2.24) is 24.5 Å². The minimum absolute atomic E-state index is 0.349. The minimum atomic E-state index is -0.365. The molecular weight excluding hydrogens is 405 g/mol. The number of halogens is 1. The maximum absolute atomic E-state index is 13.7. The molecule has 4 heterocycles. The van der Waals surface area contributed by atoms with Crippen LogP contribution in [0.25, 0.3) is 16.9 Å². The van der Waals surface area contributed by atoms with Crippen LogP contribution < -0.4 is 4.90 Å². The van der Waals surface area contributed by atoms with Crippen LogP contribution in [0.1, 0.15) is 16.8 Å². The summed E-state index contributed by atoms with van der Waals surface area (Å²) in [6.45, 7) is 6.41. The van der Waals surface area contributed by atoms with Gasteiger partial charge in [-0.3, -0.25) is 9.88 Å². The smallest absolute Gasteiger partial charge is 0.175 e. The Morgan fingerprint density at radius 3 is 2.69 bits per heavy atom. The molecule has 1 saturated heterocycles. The Morgan fingerprint density at radius 1 is 1.09 bits per heavy atom. The summed E-state index contributed by atoms with van der Waals surface area (Å²) in [6.07, 6.45) is 3.65. The molecule has 1 fully saturated rings. The second-order valence-electron chi connectivity index (χ2n) is 7.93. The Morgan fingerprint density at radius 2 is 1.94 bits per heavy atom. The van der Waals surface area contributed by atoms with E-state index in [1.807, 2.05) is 24.5 Å². The number of fused-ring (bicyclic) bond motifs is 1. The Bertz CT molecular complexity index is 1320. The number of rotatable bonds is 4. The molecule has 0 radical (unpaired) electrons. The van der Waals surface area contributed by atoms with Crippen LogP contribution in [-0.2, 0) is 6.54 Å². The zero-order valence-corrected chi connectivity index (χ0v) is 17.7. The molecule has 160 valence electrons. The fourth-order valence-electron chi connectivity index (χ4n) is 4.07. The van der Waals surface area contributed by atoms with E-state index in [-0.39, 0.29) is 5.82 Å². The van der Waals surface area contributed by atoms with E-state index in [1.165, 1.54) is 17.7 Å². The zero-order chi connectivity index (χ0) is 22.1. The lowest BCUT2D eigenvalue weighted by Gasteiger charge is -2.35. The van der Waals surface area contributed by atoms with Gasteiger partial charge in [0.15, 0.2) is 5.65 Å². The van der Waals surface area contributed by atoms with Crippen LogP contribution >= 0.6 is 0 Å². The molecule has 7 nitrogen and oxygen atoms in total. The molecule has 0 unspecified atom stereocenters. The second kappa shape index (κ2) is 8.36. The van der Waals surface area contributed by atoms with Gasteiger partial charge in [-0.05, 0) is 36.8 Å². The minimum Gasteiger partial charge on any atom is -0.354 e. The molecule has 0 aliphatic carbocycles. The number of hydrogen-bond acceptors (Lipinski definition) is 6. The Kier molecular flexibility index (Phi) is 5.25. The molecule has 0 spiro atoms. The van der Waals surface area contributed by atoms with E-state index >= 15 is 0 Å². The number of benzene rings is 1. The van der Waals surface area contributed by atoms with E-state index in [9.17, 15) is 9.65 Å². The summed E-state index contributed by atoms with van der Waals surface area (Å²) in [7, 11) is 0. The number of nitriles is 1. The first kappa shape index (κ1) is 20.1. The van der Waals surface area contributed by atoms with Crippen molar-refractivity contribution in [1.29, 1.82) is 5.26 Å². The first-order valence-corrected chi connectivity index (χ1v) is 10.6. The van der Waals surface area contributed by atoms with Gasteiger partial charge >= 0.3 is 0 Å². The lowest BCUT2D eigenvalue weighted by Crippen LogP contribution is -2.46. The summed E-state index contributed by atoms with van der Waals surface area (Å²) >= 11 is 0. The maximum Gasteiger partial charge on any atom is 0.175 e. The predicted octanol–water partition coefficient (Wildman–Crippen LogP) is 3.43. The normalized spacial score (nSPS) is 14.6. The van der Waals surface area contributed by atoms with Crippen molar-refractivity contribution in [3.63, 3.8) is 0 Å². The van der Waals surface area contributed by atoms with Crippen molar-refractivity contribution >= 4 is 11.5 Å². The molecule has 1 aliphatic heterocycles. The topological polar surface area (TPSA) is 73.3 Å². The summed E-state index contributed by atoms with van der Waals surface area (Å²) in [4.78, 5) is 13.9. The first-order valence-electron chi connectivity index (χ1n) is 10.6. The average Bonchev–Trinajstić information content (AvgIpc) is 3.19. The first-order chi connectivity index (χ1) is 15.6. The fourth-order valence-corrected chi connectivity index (χ4v) is 4.07. The van der Waals surface area contributed by atoms with E-state index in [2.05, 4.69) is 38.9 Å². The SMILES string of the molecule is Cc1cccnc1CN1CCN(c2ccn3nc(-c4cccc(F)c4)c(C#N)c3n2)CC1. The van der Waals surface area contributed by atoms with Crippen LogP contribution in [0.4, 0.5) is 10.2 Å². The molecule has 3 aromatic heterocycles. The van der Waals surface area contributed by atoms with E-state index < -0.39 is 0 Å². The van der Waals surface area contributed by atoms with Crippen LogP contribution in [0.15, 0.2) is 54.9 Å². The van der Waals surface area contributed by atoms with Crippen LogP contribution in [0.5, 0.6) is 0 Å². The van der Waals surface area contributed by atoms with Crippen LogP contribution in [0.3, 0.4) is 0 Å². The second-order valence-corrected chi connectivity index (χ2v) is 7.93. The lowest BCUT2D eigenvalue weighted by atomic mass is 10.1. The van der Waals surface area contributed by atoms with Gasteiger partial charge in [0.2, 0.25) is 0 Å². The summed E-state index contributed by atoms with van der Waals surface area (Å²) in [5.41, 5.74) is 4.15. The highest BCUT2D eigenvalue weighted by atomic mass is 19.1. The van der Waals surface area contributed by atoms with Gasteiger partial charge in [-0.1, -0.05) is 18.2 Å². The molecule has 1 aromatic carbocycles. The average molecular weight is 427 g/mol. The third-order valence-corrected chi connectivity index (χ3v) is 5.87. The van der Waals surface area contributed by atoms with Crippen molar-refractivity contribution in [2.24, 2.45) is 0 Å².